The average molecular weight is 316 g/mol. The van der Waals surface area contributed by atoms with E-state index < -0.39 is 0 Å². The summed E-state index contributed by atoms with van der Waals surface area (Å²) in [5.41, 5.74) is 2.16. The zero-order valence-electron chi connectivity index (χ0n) is 13.0. The number of nitrogens with zero attached hydrogens (tertiary/aromatic N) is 3. The van der Waals surface area contributed by atoms with Gasteiger partial charge in [-0.2, -0.15) is 0 Å². The van der Waals surface area contributed by atoms with E-state index in [1.807, 2.05) is 12.3 Å². The number of hydrogen-bond acceptors (Lipinski definition) is 4. The molecule has 0 bridgehead atoms. The van der Waals surface area contributed by atoms with Crippen molar-refractivity contribution in [2.45, 2.75) is 43.9 Å². The number of fused-ring (bicyclic) bond motifs is 1. The monoisotopic (exact) mass is 316 g/mol. The second kappa shape index (κ2) is 6.59. The third-order valence-corrected chi connectivity index (χ3v) is 6.25. The Morgan fingerprint density at radius 2 is 2.14 bits per heavy atom. The van der Waals surface area contributed by atoms with Crippen molar-refractivity contribution in [1.29, 1.82) is 0 Å². The Morgan fingerprint density at radius 3 is 2.95 bits per heavy atom. The van der Waals surface area contributed by atoms with Gasteiger partial charge in [-0.3, -0.25) is 4.57 Å². The van der Waals surface area contributed by atoms with Crippen LogP contribution < -0.4 is 5.32 Å². The van der Waals surface area contributed by atoms with Gasteiger partial charge < -0.3 is 5.32 Å². The molecule has 0 aliphatic carbocycles. The summed E-state index contributed by atoms with van der Waals surface area (Å²) in [6.45, 7) is 2.31. The molecule has 1 unspecified atom stereocenters. The Kier molecular flexibility index (Phi) is 4.35. The molecule has 2 aliphatic heterocycles. The van der Waals surface area contributed by atoms with E-state index in [-0.39, 0.29) is 0 Å². The van der Waals surface area contributed by atoms with E-state index in [4.69, 9.17) is 4.98 Å². The van der Waals surface area contributed by atoms with Crippen LogP contribution in [0.15, 0.2) is 18.3 Å². The highest BCUT2D eigenvalue weighted by atomic mass is 32.2. The van der Waals surface area contributed by atoms with Gasteiger partial charge in [0.15, 0.2) is 5.65 Å². The summed E-state index contributed by atoms with van der Waals surface area (Å²) in [6.07, 6.45) is 9.49. The van der Waals surface area contributed by atoms with Crippen molar-refractivity contribution in [3.63, 3.8) is 0 Å². The lowest BCUT2D eigenvalue weighted by atomic mass is 9.94. The van der Waals surface area contributed by atoms with Crippen LogP contribution in [0, 0.1) is 5.92 Å². The molecule has 2 aliphatic rings. The topological polar surface area (TPSA) is 42.7 Å². The van der Waals surface area contributed by atoms with Crippen molar-refractivity contribution in [2.75, 3.05) is 18.8 Å². The number of piperidine rings is 1. The van der Waals surface area contributed by atoms with Crippen molar-refractivity contribution in [3.05, 3.63) is 24.2 Å². The minimum atomic E-state index is 0.533. The summed E-state index contributed by atoms with van der Waals surface area (Å²) in [7, 11) is 0. The average Bonchev–Trinajstić information content (AvgIpc) is 2.94. The zero-order chi connectivity index (χ0) is 14.8. The molecule has 5 heteroatoms. The molecule has 4 nitrogen and oxygen atoms in total. The Morgan fingerprint density at radius 1 is 1.23 bits per heavy atom. The summed E-state index contributed by atoms with van der Waals surface area (Å²) in [4.78, 5) is 9.59. The van der Waals surface area contributed by atoms with E-state index in [9.17, 15) is 0 Å². The number of aromatic nitrogens is 3. The summed E-state index contributed by atoms with van der Waals surface area (Å²) in [6, 6.07) is 4.11. The van der Waals surface area contributed by atoms with Crippen LogP contribution in [-0.2, 0) is 6.42 Å². The van der Waals surface area contributed by atoms with Crippen LogP contribution in [0.5, 0.6) is 0 Å². The van der Waals surface area contributed by atoms with Gasteiger partial charge in [-0.15, -0.1) is 11.8 Å². The lowest BCUT2D eigenvalue weighted by Gasteiger charge is -2.27. The summed E-state index contributed by atoms with van der Waals surface area (Å²) in [5.74, 6) is 3.30. The Balaban J connectivity index is 1.68. The number of imidazole rings is 1. The fourth-order valence-corrected chi connectivity index (χ4v) is 5.04. The molecule has 0 amide bonds. The fourth-order valence-electron chi connectivity index (χ4n) is 3.69. The minimum absolute atomic E-state index is 0.533. The van der Waals surface area contributed by atoms with Crippen LogP contribution in [0.1, 0.15) is 43.3 Å². The van der Waals surface area contributed by atoms with Crippen LogP contribution >= 0.6 is 11.8 Å². The molecule has 22 heavy (non-hydrogen) atoms. The van der Waals surface area contributed by atoms with Gasteiger partial charge in [-0.05, 0) is 69.0 Å². The van der Waals surface area contributed by atoms with Crippen molar-refractivity contribution in [2.24, 2.45) is 5.92 Å². The minimum Gasteiger partial charge on any atom is -0.317 e. The zero-order valence-corrected chi connectivity index (χ0v) is 13.8. The molecule has 0 aromatic carbocycles. The maximum atomic E-state index is 4.95. The van der Waals surface area contributed by atoms with E-state index in [2.05, 4.69) is 32.7 Å². The highest BCUT2D eigenvalue weighted by Gasteiger charge is 2.24. The van der Waals surface area contributed by atoms with E-state index in [1.54, 1.807) is 0 Å². The largest absolute Gasteiger partial charge is 0.317 e. The second-order valence-corrected chi connectivity index (χ2v) is 7.75. The maximum absolute atomic E-state index is 4.95. The van der Waals surface area contributed by atoms with Gasteiger partial charge in [-0.1, -0.05) is 0 Å². The summed E-state index contributed by atoms with van der Waals surface area (Å²) in [5, 5.41) is 3.99. The molecule has 1 atom stereocenters. The molecule has 2 aromatic rings. The molecular weight excluding hydrogens is 292 g/mol. The Bertz CT molecular complexity index is 627. The van der Waals surface area contributed by atoms with Gasteiger partial charge in [0.25, 0.3) is 0 Å². The number of rotatable bonds is 3. The first-order valence-electron chi connectivity index (χ1n) is 8.56. The molecular formula is C17H24N4S. The third kappa shape index (κ3) is 2.88. The van der Waals surface area contributed by atoms with E-state index >= 15 is 0 Å². The van der Waals surface area contributed by atoms with Crippen LogP contribution in [0.2, 0.25) is 0 Å². The smallest absolute Gasteiger partial charge is 0.160 e. The summed E-state index contributed by atoms with van der Waals surface area (Å²) < 4.78 is 2.46. The fraction of sp³-hybridized carbons (Fsp3) is 0.647. The van der Waals surface area contributed by atoms with Gasteiger partial charge >= 0.3 is 0 Å². The normalized spacial score (nSPS) is 23.9. The van der Waals surface area contributed by atoms with Gasteiger partial charge in [0.1, 0.15) is 11.3 Å². The number of pyridine rings is 1. The molecule has 4 heterocycles. The molecule has 2 aromatic heterocycles. The predicted octanol–water partition coefficient (Wildman–Crippen LogP) is 3.39. The number of thioether (sulfide) groups is 1. The SMILES string of the molecule is c1cnc2c(c1)nc(CC1CCNCC1)n2C1CCCCS1. The summed E-state index contributed by atoms with van der Waals surface area (Å²) >= 11 is 2.08. The van der Waals surface area contributed by atoms with Crippen LogP contribution in [0.3, 0.4) is 0 Å². The van der Waals surface area contributed by atoms with Crippen molar-refractivity contribution in [3.8, 4) is 0 Å². The Hall–Kier alpha value is -1.07. The van der Waals surface area contributed by atoms with Crippen LogP contribution in [0.4, 0.5) is 0 Å². The molecule has 0 spiro atoms. The highest BCUT2D eigenvalue weighted by Crippen LogP contribution is 2.37. The third-order valence-electron chi connectivity index (χ3n) is 4.90. The van der Waals surface area contributed by atoms with Crippen molar-refractivity contribution >= 4 is 22.9 Å². The Labute approximate surface area is 136 Å². The quantitative estimate of drug-likeness (QED) is 0.942. The first-order valence-corrected chi connectivity index (χ1v) is 9.61. The van der Waals surface area contributed by atoms with Gasteiger partial charge in [0.2, 0.25) is 0 Å². The molecule has 0 saturated carbocycles. The molecule has 2 fully saturated rings. The van der Waals surface area contributed by atoms with E-state index in [0.29, 0.717) is 5.37 Å². The van der Waals surface area contributed by atoms with E-state index in [1.165, 1.54) is 43.7 Å². The molecule has 118 valence electrons. The van der Waals surface area contributed by atoms with E-state index in [0.717, 1.165) is 36.6 Å². The second-order valence-electron chi connectivity index (χ2n) is 6.46. The molecule has 1 N–H and O–H groups in total. The highest BCUT2D eigenvalue weighted by molar-refractivity contribution is 7.99. The van der Waals surface area contributed by atoms with Gasteiger partial charge in [-0.25, -0.2) is 9.97 Å². The maximum Gasteiger partial charge on any atom is 0.160 e. The lowest BCUT2D eigenvalue weighted by molar-refractivity contribution is 0.362. The van der Waals surface area contributed by atoms with Crippen molar-refractivity contribution in [1.82, 2.24) is 19.9 Å². The molecule has 4 rings (SSSR count). The lowest BCUT2D eigenvalue weighted by Crippen LogP contribution is -2.29. The first kappa shape index (κ1) is 14.5. The van der Waals surface area contributed by atoms with Crippen LogP contribution in [0.25, 0.3) is 11.2 Å². The molecule has 0 radical (unpaired) electrons. The first-order chi connectivity index (χ1) is 10.9. The number of nitrogens with one attached hydrogen (secondary N) is 1. The standard InChI is InChI=1S/C17H24N4S/c1-2-11-22-16(5-1)21-15(12-13-6-9-18-10-7-13)20-14-4-3-8-19-17(14)21/h3-4,8,13,16,18H,1-2,5-7,9-12H2. The van der Waals surface area contributed by atoms with Gasteiger partial charge in [0, 0.05) is 12.6 Å². The number of hydrogen-bond donors (Lipinski definition) is 1. The van der Waals surface area contributed by atoms with Crippen LogP contribution in [-0.4, -0.2) is 33.4 Å². The van der Waals surface area contributed by atoms with Crippen molar-refractivity contribution < 1.29 is 0 Å². The van der Waals surface area contributed by atoms with Gasteiger partial charge in [0.05, 0.1) is 5.37 Å². The molecule has 2 saturated heterocycles. The predicted molar refractivity (Wildman–Crippen MR) is 92.2 cm³/mol.